The largest absolute Gasteiger partial charge is 0.395 e. The van der Waals surface area contributed by atoms with Gasteiger partial charge in [-0.3, -0.25) is 4.98 Å². The van der Waals surface area contributed by atoms with Gasteiger partial charge in [0.05, 0.1) is 19.0 Å². The maximum Gasteiger partial charge on any atom is 0.149 e. The van der Waals surface area contributed by atoms with E-state index in [9.17, 15) is 0 Å². The summed E-state index contributed by atoms with van der Waals surface area (Å²) in [5.41, 5.74) is 5.63. The van der Waals surface area contributed by atoms with Gasteiger partial charge in [-0.1, -0.05) is 12.8 Å². The summed E-state index contributed by atoms with van der Waals surface area (Å²) in [6.45, 7) is 0.732. The molecule has 1 saturated carbocycles. The Kier molecular flexibility index (Phi) is 3.56. The smallest absolute Gasteiger partial charge is 0.149 e. The quantitative estimate of drug-likeness (QED) is 0.788. The number of aliphatic hydroxyl groups is 1. The predicted molar refractivity (Wildman–Crippen MR) is 63.1 cm³/mol. The Balaban J connectivity index is 2.17. The van der Waals surface area contributed by atoms with Crippen LogP contribution >= 0.6 is 0 Å². The lowest BCUT2D eigenvalue weighted by Crippen LogP contribution is -2.36. The molecule has 1 aliphatic rings. The number of nitrogens with two attached hydrogens (primary N) is 1. The van der Waals surface area contributed by atoms with Crippen molar-refractivity contribution in [1.29, 1.82) is 0 Å². The van der Waals surface area contributed by atoms with Crippen molar-refractivity contribution < 1.29 is 5.11 Å². The molecule has 0 amide bonds. The van der Waals surface area contributed by atoms with E-state index in [1.807, 2.05) is 0 Å². The van der Waals surface area contributed by atoms with E-state index in [2.05, 4.69) is 14.9 Å². The third-order valence-electron chi connectivity index (χ3n) is 3.04. The van der Waals surface area contributed by atoms with Crippen molar-refractivity contribution in [3.63, 3.8) is 0 Å². The Hall–Kier alpha value is -1.36. The van der Waals surface area contributed by atoms with Gasteiger partial charge < -0.3 is 15.7 Å². The monoisotopic (exact) mass is 222 g/mol. The van der Waals surface area contributed by atoms with Crippen LogP contribution < -0.4 is 10.6 Å². The van der Waals surface area contributed by atoms with Gasteiger partial charge in [-0.05, 0) is 12.8 Å². The number of rotatable bonds is 4. The van der Waals surface area contributed by atoms with Crippen LogP contribution in [0.4, 0.5) is 11.6 Å². The Labute approximate surface area is 95.3 Å². The van der Waals surface area contributed by atoms with Crippen LogP contribution in [0.1, 0.15) is 25.7 Å². The number of hydrogen-bond acceptors (Lipinski definition) is 5. The van der Waals surface area contributed by atoms with Gasteiger partial charge >= 0.3 is 0 Å². The highest BCUT2D eigenvalue weighted by atomic mass is 16.3. The van der Waals surface area contributed by atoms with Crippen LogP contribution in [0.5, 0.6) is 0 Å². The molecule has 0 aromatic carbocycles. The molecule has 0 unspecified atom stereocenters. The highest BCUT2D eigenvalue weighted by Gasteiger charge is 2.23. The number of nitrogen functional groups attached to an aromatic ring is 1. The molecule has 88 valence electrons. The minimum Gasteiger partial charge on any atom is -0.395 e. The first kappa shape index (κ1) is 11.1. The molecule has 5 heteroatoms. The second-order valence-electron chi connectivity index (χ2n) is 4.16. The molecule has 0 spiro atoms. The van der Waals surface area contributed by atoms with Gasteiger partial charge in [0.25, 0.3) is 0 Å². The first-order chi connectivity index (χ1) is 7.81. The van der Waals surface area contributed by atoms with Gasteiger partial charge in [-0.2, -0.15) is 0 Å². The molecule has 1 aromatic heterocycles. The van der Waals surface area contributed by atoms with Gasteiger partial charge in [0.15, 0.2) is 0 Å². The summed E-state index contributed by atoms with van der Waals surface area (Å²) in [5, 5.41) is 9.11. The molecule has 0 radical (unpaired) electrons. The van der Waals surface area contributed by atoms with Crippen LogP contribution in [0, 0.1) is 0 Å². The van der Waals surface area contributed by atoms with Gasteiger partial charge in [0, 0.05) is 12.6 Å². The zero-order chi connectivity index (χ0) is 11.4. The number of hydrogen-bond donors (Lipinski definition) is 2. The summed E-state index contributed by atoms with van der Waals surface area (Å²) in [6.07, 6.45) is 8.08. The number of anilines is 2. The maximum atomic E-state index is 9.11. The first-order valence-electron chi connectivity index (χ1n) is 5.76. The molecule has 0 atom stereocenters. The van der Waals surface area contributed by atoms with E-state index in [0.29, 0.717) is 18.4 Å². The topological polar surface area (TPSA) is 75.3 Å². The van der Waals surface area contributed by atoms with Gasteiger partial charge in [-0.15, -0.1) is 0 Å². The standard InChI is InChI=1S/C11H18N4O/c12-10-7-13-8-11(14-10)15(5-6-16)9-3-1-2-4-9/h7-9,16H,1-6H2,(H2,12,14). The van der Waals surface area contributed by atoms with Crippen LogP contribution in [0.15, 0.2) is 12.4 Å². The van der Waals surface area contributed by atoms with E-state index in [1.54, 1.807) is 6.20 Å². The highest BCUT2D eigenvalue weighted by molar-refractivity contribution is 5.42. The van der Waals surface area contributed by atoms with Crippen LogP contribution in [0.3, 0.4) is 0 Å². The van der Waals surface area contributed by atoms with Crippen LogP contribution in [-0.2, 0) is 0 Å². The summed E-state index contributed by atoms with van der Waals surface area (Å²) in [5.74, 6) is 1.21. The fourth-order valence-corrected chi connectivity index (χ4v) is 2.32. The minimum absolute atomic E-state index is 0.132. The van der Waals surface area contributed by atoms with Crippen molar-refractivity contribution in [2.45, 2.75) is 31.7 Å². The van der Waals surface area contributed by atoms with Crippen molar-refractivity contribution in [3.05, 3.63) is 12.4 Å². The first-order valence-corrected chi connectivity index (χ1v) is 5.76. The summed E-state index contributed by atoms with van der Waals surface area (Å²) >= 11 is 0. The zero-order valence-corrected chi connectivity index (χ0v) is 9.34. The summed E-state index contributed by atoms with van der Waals surface area (Å²) < 4.78 is 0. The lowest BCUT2D eigenvalue weighted by atomic mass is 10.2. The van der Waals surface area contributed by atoms with E-state index < -0.39 is 0 Å². The molecule has 0 saturated heterocycles. The van der Waals surface area contributed by atoms with E-state index >= 15 is 0 Å². The normalized spacial score (nSPS) is 16.6. The van der Waals surface area contributed by atoms with E-state index in [-0.39, 0.29) is 6.61 Å². The van der Waals surface area contributed by atoms with Crippen LogP contribution in [-0.4, -0.2) is 34.3 Å². The van der Waals surface area contributed by atoms with Gasteiger partial charge in [0.1, 0.15) is 11.6 Å². The Morgan fingerprint density at radius 3 is 2.75 bits per heavy atom. The SMILES string of the molecule is Nc1cncc(N(CCO)C2CCCC2)n1. The third kappa shape index (κ3) is 2.41. The second-order valence-corrected chi connectivity index (χ2v) is 4.16. The fourth-order valence-electron chi connectivity index (χ4n) is 2.32. The number of aromatic nitrogens is 2. The molecule has 1 fully saturated rings. The molecule has 16 heavy (non-hydrogen) atoms. The predicted octanol–water partition coefficient (Wildman–Crippen LogP) is 0.800. The van der Waals surface area contributed by atoms with E-state index in [0.717, 1.165) is 18.7 Å². The molecule has 1 aromatic rings. The molecule has 1 heterocycles. The number of aliphatic hydroxyl groups excluding tert-OH is 1. The van der Waals surface area contributed by atoms with Crippen molar-refractivity contribution in [3.8, 4) is 0 Å². The van der Waals surface area contributed by atoms with Crippen molar-refractivity contribution in [2.75, 3.05) is 23.8 Å². The zero-order valence-electron chi connectivity index (χ0n) is 9.34. The molecular formula is C11H18N4O. The van der Waals surface area contributed by atoms with E-state index in [1.165, 1.54) is 19.0 Å². The Morgan fingerprint density at radius 2 is 2.12 bits per heavy atom. The molecular weight excluding hydrogens is 204 g/mol. The highest BCUT2D eigenvalue weighted by Crippen LogP contribution is 2.26. The molecule has 1 aliphatic carbocycles. The third-order valence-corrected chi connectivity index (χ3v) is 3.04. The molecule has 0 aliphatic heterocycles. The van der Waals surface area contributed by atoms with Gasteiger partial charge in [0.2, 0.25) is 0 Å². The van der Waals surface area contributed by atoms with Crippen molar-refractivity contribution in [2.24, 2.45) is 0 Å². The average molecular weight is 222 g/mol. The maximum absolute atomic E-state index is 9.11. The Morgan fingerprint density at radius 1 is 1.38 bits per heavy atom. The fraction of sp³-hybridized carbons (Fsp3) is 0.636. The van der Waals surface area contributed by atoms with Crippen LogP contribution in [0.25, 0.3) is 0 Å². The van der Waals surface area contributed by atoms with E-state index in [4.69, 9.17) is 10.8 Å². The summed E-state index contributed by atoms with van der Waals surface area (Å²) in [7, 11) is 0. The Bertz CT molecular complexity index is 339. The summed E-state index contributed by atoms with van der Waals surface area (Å²) in [4.78, 5) is 10.4. The molecule has 5 nitrogen and oxygen atoms in total. The summed E-state index contributed by atoms with van der Waals surface area (Å²) in [6, 6.07) is 0.475. The average Bonchev–Trinajstić information content (AvgIpc) is 2.79. The molecule has 2 rings (SSSR count). The lowest BCUT2D eigenvalue weighted by Gasteiger charge is -2.29. The van der Waals surface area contributed by atoms with Gasteiger partial charge in [-0.25, -0.2) is 4.98 Å². The molecule has 3 N–H and O–H groups in total. The number of nitrogens with zero attached hydrogens (tertiary/aromatic N) is 3. The van der Waals surface area contributed by atoms with Crippen molar-refractivity contribution in [1.82, 2.24) is 9.97 Å². The molecule has 0 bridgehead atoms. The minimum atomic E-state index is 0.132. The second kappa shape index (κ2) is 5.12. The lowest BCUT2D eigenvalue weighted by molar-refractivity contribution is 0.297. The van der Waals surface area contributed by atoms with Crippen molar-refractivity contribution >= 4 is 11.6 Å². The van der Waals surface area contributed by atoms with Crippen LogP contribution in [0.2, 0.25) is 0 Å².